The second kappa shape index (κ2) is 7.04. The number of nitrogens with zero attached hydrogens (tertiary/aromatic N) is 2. The van der Waals surface area contributed by atoms with Crippen LogP contribution in [-0.2, 0) is 14.6 Å². The Balaban J connectivity index is 3.17. The van der Waals surface area contributed by atoms with Crippen molar-refractivity contribution in [3.63, 3.8) is 0 Å². The summed E-state index contributed by atoms with van der Waals surface area (Å²) in [6.07, 6.45) is 0. The van der Waals surface area contributed by atoms with Gasteiger partial charge in [0.1, 0.15) is 9.90 Å². The van der Waals surface area contributed by atoms with Crippen LogP contribution in [0.1, 0.15) is 6.92 Å². The molecule has 0 saturated carbocycles. The molecular formula is C10H19N3O4S2. The van der Waals surface area contributed by atoms with Gasteiger partial charge in [0.25, 0.3) is 0 Å². The van der Waals surface area contributed by atoms with Gasteiger partial charge >= 0.3 is 0 Å². The molecule has 0 atom stereocenters. The number of hydrogen-bond acceptors (Lipinski definition) is 8. The number of hydrogen-bond donors (Lipinski definition) is 2. The number of rotatable bonds is 8. The highest BCUT2D eigenvalue weighted by Gasteiger charge is 2.27. The molecule has 1 heterocycles. The van der Waals surface area contributed by atoms with E-state index in [1.165, 1.54) is 0 Å². The fraction of sp³-hybridized carbons (Fsp3) is 0.700. The van der Waals surface area contributed by atoms with Crippen molar-refractivity contribution < 1.29 is 18.3 Å². The lowest BCUT2D eigenvalue weighted by Gasteiger charge is -2.22. The molecule has 0 bridgehead atoms. The monoisotopic (exact) mass is 309 g/mol. The molecule has 7 nitrogen and oxygen atoms in total. The predicted molar refractivity (Wildman–Crippen MR) is 75.4 cm³/mol. The molecule has 0 aliphatic rings. The maximum absolute atomic E-state index is 12.1. The number of methoxy groups -OCH3 is 1. The van der Waals surface area contributed by atoms with E-state index in [4.69, 9.17) is 15.6 Å². The number of sulfone groups is 1. The lowest BCUT2D eigenvalue weighted by molar-refractivity contribution is 0.203. The van der Waals surface area contributed by atoms with Gasteiger partial charge in [-0.1, -0.05) is 6.92 Å². The van der Waals surface area contributed by atoms with Gasteiger partial charge in [0.2, 0.25) is 0 Å². The molecule has 0 spiro atoms. The number of aliphatic hydroxyl groups excluding tert-OH is 1. The standard InChI is InChI=1S/C10H19N3O4S2/c1-3-19(15,16)8-9(11)12-18-10(8)13(4-6-14)5-7-17-2/h14H,3-7H2,1-2H3,(H2,11,12). The molecule has 0 aliphatic carbocycles. The lowest BCUT2D eigenvalue weighted by Crippen LogP contribution is -2.30. The Morgan fingerprint density at radius 3 is 2.68 bits per heavy atom. The van der Waals surface area contributed by atoms with E-state index in [-0.39, 0.29) is 23.1 Å². The second-order valence-electron chi connectivity index (χ2n) is 3.81. The first-order valence-electron chi connectivity index (χ1n) is 5.80. The first-order chi connectivity index (χ1) is 8.97. The fourth-order valence-corrected chi connectivity index (χ4v) is 3.92. The maximum atomic E-state index is 12.1. The zero-order valence-corrected chi connectivity index (χ0v) is 12.6. The predicted octanol–water partition coefficient (Wildman–Crippen LogP) is -0.0360. The van der Waals surface area contributed by atoms with Crippen LogP contribution in [0.5, 0.6) is 0 Å². The minimum absolute atomic E-state index is 0.0159. The summed E-state index contributed by atoms with van der Waals surface area (Å²) in [6.45, 7) is 2.65. The molecule has 0 saturated heterocycles. The van der Waals surface area contributed by atoms with Crippen molar-refractivity contribution in [1.29, 1.82) is 0 Å². The molecule has 1 rings (SSSR count). The number of aliphatic hydroxyl groups is 1. The van der Waals surface area contributed by atoms with Crippen LogP contribution in [0.2, 0.25) is 0 Å². The van der Waals surface area contributed by atoms with Crippen molar-refractivity contribution in [3.8, 4) is 0 Å². The van der Waals surface area contributed by atoms with E-state index in [9.17, 15) is 8.42 Å². The van der Waals surface area contributed by atoms with Gasteiger partial charge in [-0.25, -0.2) is 8.42 Å². The number of aromatic nitrogens is 1. The molecule has 9 heteroatoms. The molecule has 110 valence electrons. The summed E-state index contributed by atoms with van der Waals surface area (Å²) >= 11 is 1.02. The Labute approximate surface area is 117 Å². The minimum Gasteiger partial charge on any atom is -0.395 e. The Morgan fingerprint density at radius 2 is 2.16 bits per heavy atom. The second-order valence-corrected chi connectivity index (χ2v) is 6.78. The van der Waals surface area contributed by atoms with Crippen LogP contribution in [0.4, 0.5) is 10.8 Å². The van der Waals surface area contributed by atoms with E-state index in [0.717, 1.165) is 11.5 Å². The molecule has 0 radical (unpaired) electrons. The Hall–Kier alpha value is -0.900. The summed E-state index contributed by atoms with van der Waals surface area (Å²) in [4.78, 5) is 1.78. The largest absolute Gasteiger partial charge is 0.395 e. The van der Waals surface area contributed by atoms with E-state index in [1.807, 2.05) is 0 Å². The quantitative estimate of drug-likeness (QED) is 0.694. The van der Waals surface area contributed by atoms with E-state index in [1.54, 1.807) is 18.9 Å². The van der Waals surface area contributed by atoms with Crippen molar-refractivity contribution in [3.05, 3.63) is 0 Å². The van der Waals surface area contributed by atoms with Crippen LogP contribution in [0.3, 0.4) is 0 Å². The van der Waals surface area contributed by atoms with Crippen LogP contribution in [0, 0.1) is 0 Å². The van der Waals surface area contributed by atoms with Crippen LogP contribution < -0.4 is 10.6 Å². The highest BCUT2D eigenvalue weighted by atomic mass is 32.2. The van der Waals surface area contributed by atoms with Crippen LogP contribution in [0.25, 0.3) is 0 Å². The minimum atomic E-state index is -3.45. The number of ether oxygens (including phenoxy) is 1. The first kappa shape index (κ1) is 16.2. The van der Waals surface area contributed by atoms with Gasteiger partial charge in [-0.3, -0.25) is 0 Å². The van der Waals surface area contributed by atoms with Crippen molar-refractivity contribution in [1.82, 2.24) is 4.37 Å². The molecule has 0 amide bonds. The number of nitrogen functional groups attached to an aromatic ring is 1. The third-order valence-corrected chi connectivity index (χ3v) is 5.41. The molecule has 0 aromatic carbocycles. The number of anilines is 2. The van der Waals surface area contributed by atoms with Gasteiger partial charge in [0, 0.05) is 20.2 Å². The molecule has 0 fully saturated rings. The summed E-state index contributed by atoms with van der Waals surface area (Å²) in [7, 11) is -1.89. The molecule has 1 aromatic rings. The van der Waals surface area contributed by atoms with E-state index in [0.29, 0.717) is 24.7 Å². The first-order valence-corrected chi connectivity index (χ1v) is 8.23. The Bertz CT molecular complexity index is 501. The van der Waals surface area contributed by atoms with Crippen molar-refractivity contribution in [2.75, 3.05) is 49.8 Å². The van der Waals surface area contributed by atoms with Gasteiger partial charge in [0.05, 0.1) is 19.0 Å². The summed E-state index contributed by atoms with van der Waals surface area (Å²) in [5, 5.41) is 9.54. The SMILES string of the molecule is CCS(=O)(=O)c1c(N)nsc1N(CCO)CCOC. The average Bonchev–Trinajstić information content (AvgIpc) is 2.77. The van der Waals surface area contributed by atoms with E-state index < -0.39 is 9.84 Å². The van der Waals surface area contributed by atoms with E-state index >= 15 is 0 Å². The normalized spacial score (nSPS) is 11.7. The van der Waals surface area contributed by atoms with E-state index in [2.05, 4.69) is 4.37 Å². The summed E-state index contributed by atoms with van der Waals surface area (Å²) in [6, 6.07) is 0. The van der Waals surface area contributed by atoms with Gasteiger partial charge < -0.3 is 20.5 Å². The molecule has 0 aliphatic heterocycles. The Kier molecular flexibility index (Phi) is 5.98. The molecule has 0 unspecified atom stereocenters. The number of nitrogens with two attached hydrogens (primary N) is 1. The van der Waals surface area contributed by atoms with Gasteiger partial charge in [-0.2, -0.15) is 4.37 Å². The fourth-order valence-electron chi connectivity index (χ4n) is 1.56. The highest BCUT2D eigenvalue weighted by Crippen LogP contribution is 2.35. The van der Waals surface area contributed by atoms with Gasteiger partial charge in [0.15, 0.2) is 15.7 Å². The highest BCUT2D eigenvalue weighted by molar-refractivity contribution is 7.91. The maximum Gasteiger partial charge on any atom is 0.184 e. The third-order valence-electron chi connectivity index (χ3n) is 2.57. The molecule has 19 heavy (non-hydrogen) atoms. The van der Waals surface area contributed by atoms with Crippen molar-refractivity contribution >= 4 is 32.2 Å². The lowest BCUT2D eigenvalue weighted by atomic mass is 10.4. The molecular weight excluding hydrogens is 290 g/mol. The molecule has 3 N–H and O–H groups in total. The van der Waals surface area contributed by atoms with Crippen LogP contribution >= 0.6 is 11.5 Å². The average molecular weight is 309 g/mol. The van der Waals surface area contributed by atoms with Crippen molar-refractivity contribution in [2.45, 2.75) is 11.8 Å². The third kappa shape index (κ3) is 3.78. The summed E-state index contributed by atoms with van der Waals surface area (Å²) < 4.78 is 33.0. The topological polar surface area (TPSA) is 106 Å². The zero-order chi connectivity index (χ0) is 14.5. The zero-order valence-electron chi connectivity index (χ0n) is 11.0. The van der Waals surface area contributed by atoms with Crippen LogP contribution in [0.15, 0.2) is 4.90 Å². The summed E-state index contributed by atoms with van der Waals surface area (Å²) in [5.41, 5.74) is 5.67. The van der Waals surface area contributed by atoms with Crippen molar-refractivity contribution in [2.24, 2.45) is 0 Å². The molecule has 1 aromatic heterocycles. The van der Waals surface area contributed by atoms with Gasteiger partial charge in [-0.15, -0.1) is 0 Å². The summed E-state index contributed by atoms with van der Waals surface area (Å²) in [5.74, 6) is -0.0259. The Morgan fingerprint density at radius 1 is 1.47 bits per heavy atom. The van der Waals surface area contributed by atoms with Crippen LogP contribution in [-0.4, -0.2) is 57.1 Å². The smallest absolute Gasteiger partial charge is 0.184 e. The van der Waals surface area contributed by atoms with Gasteiger partial charge in [-0.05, 0) is 11.5 Å².